The van der Waals surface area contributed by atoms with E-state index in [-0.39, 0.29) is 28.3 Å². The minimum atomic E-state index is -0.577. The predicted molar refractivity (Wildman–Crippen MR) is 68.8 cm³/mol. The van der Waals surface area contributed by atoms with Crippen molar-refractivity contribution in [2.45, 2.75) is 19.4 Å². The monoisotopic (exact) mass is 315 g/mol. The van der Waals surface area contributed by atoms with Gasteiger partial charge in [-0.15, -0.1) is 0 Å². The minimum absolute atomic E-state index is 0.0410. The van der Waals surface area contributed by atoms with Crippen molar-refractivity contribution in [2.75, 3.05) is 11.9 Å². The number of nitriles is 1. The second kappa shape index (κ2) is 5.78. The molecule has 0 aliphatic heterocycles. The van der Waals surface area contributed by atoms with Crippen molar-refractivity contribution >= 4 is 27.3 Å². The third-order valence-corrected chi connectivity index (χ3v) is 3.25. The Morgan fingerprint density at radius 2 is 2.28 bits per heavy atom. The van der Waals surface area contributed by atoms with Crippen LogP contribution in [0.15, 0.2) is 16.6 Å². The highest BCUT2D eigenvalue weighted by molar-refractivity contribution is 9.10. The molecule has 0 aliphatic rings. The summed E-state index contributed by atoms with van der Waals surface area (Å²) in [6.07, 6.45) is 0.200. The Hall–Kier alpha value is -1.68. The van der Waals surface area contributed by atoms with Crippen LogP contribution >= 0.6 is 15.9 Å². The van der Waals surface area contributed by atoms with Gasteiger partial charge in [-0.25, -0.2) is 4.39 Å². The summed E-state index contributed by atoms with van der Waals surface area (Å²) in [6.45, 7) is 1.74. The van der Waals surface area contributed by atoms with Crippen LogP contribution in [0.1, 0.15) is 13.3 Å². The van der Waals surface area contributed by atoms with Gasteiger partial charge in [-0.1, -0.05) is 0 Å². The third kappa shape index (κ3) is 2.96. The van der Waals surface area contributed by atoms with E-state index in [1.54, 1.807) is 14.0 Å². The fraction of sp³-hybridized carbons (Fsp3) is 0.364. The number of hydrogen-bond donors (Lipinski definition) is 0. The second-order valence-corrected chi connectivity index (χ2v) is 4.69. The molecule has 18 heavy (non-hydrogen) atoms. The average molecular weight is 316 g/mol. The molecule has 1 aromatic rings. The minimum Gasteiger partial charge on any atom is -0.365 e. The number of rotatable bonds is 4. The Kier molecular flexibility index (Phi) is 4.62. The highest BCUT2D eigenvalue weighted by Gasteiger charge is 2.23. The van der Waals surface area contributed by atoms with Crippen LogP contribution in [-0.2, 0) is 0 Å². The van der Waals surface area contributed by atoms with Gasteiger partial charge < -0.3 is 4.90 Å². The molecule has 0 spiro atoms. The molecule has 0 saturated heterocycles. The molecule has 0 fully saturated rings. The number of benzene rings is 1. The quantitative estimate of drug-likeness (QED) is 0.631. The third-order valence-electron chi connectivity index (χ3n) is 2.64. The lowest BCUT2D eigenvalue weighted by atomic mass is 10.1. The van der Waals surface area contributed by atoms with E-state index in [1.165, 1.54) is 4.90 Å². The van der Waals surface area contributed by atoms with E-state index in [9.17, 15) is 14.5 Å². The van der Waals surface area contributed by atoms with Crippen LogP contribution in [0.4, 0.5) is 15.8 Å². The average Bonchev–Trinajstić information content (AvgIpc) is 2.31. The molecule has 7 heteroatoms. The molecule has 0 heterocycles. The first-order valence-corrected chi connectivity index (χ1v) is 5.91. The second-order valence-electron chi connectivity index (χ2n) is 3.83. The maximum atomic E-state index is 13.5. The van der Waals surface area contributed by atoms with Gasteiger partial charge in [-0.05, 0) is 22.9 Å². The summed E-state index contributed by atoms with van der Waals surface area (Å²) in [5.74, 6) is -0.577. The lowest BCUT2D eigenvalue weighted by Crippen LogP contribution is -2.29. The van der Waals surface area contributed by atoms with Crippen LogP contribution in [0.2, 0.25) is 0 Å². The van der Waals surface area contributed by atoms with Gasteiger partial charge in [0.05, 0.1) is 21.9 Å². The van der Waals surface area contributed by atoms with E-state index in [2.05, 4.69) is 15.9 Å². The zero-order chi connectivity index (χ0) is 13.9. The van der Waals surface area contributed by atoms with Crippen LogP contribution in [0, 0.1) is 27.3 Å². The van der Waals surface area contributed by atoms with E-state index in [0.29, 0.717) is 0 Å². The van der Waals surface area contributed by atoms with E-state index >= 15 is 0 Å². The Morgan fingerprint density at radius 1 is 1.67 bits per heavy atom. The van der Waals surface area contributed by atoms with E-state index in [1.807, 2.05) is 6.07 Å². The van der Waals surface area contributed by atoms with Crippen molar-refractivity contribution in [3.63, 3.8) is 0 Å². The molecule has 0 bridgehead atoms. The molecule has 0 aromatic heterocycles. The largest absolute Gasteiger partial charge is 0.365 e. The Bertz CT molecular complexity index is 516. The summed E-state index contributed by atoms with van der Waals surface area (Å²) in [5, 5.41) is 19.6. The molecule has 0 aliphatic carbocycles. The van der Waals surface area contributed by atoms with Gasteiger partial charge in [0.25, 0.3) is 5.69 Å². The molecule has 1 unspecified atom stereocenters. The van der Waals surface area contributed by atoms with Gasteiger partial charge in [0, 0.05) is 25.2 Å². The van der Waals surface area contributed by atoms with Crippen LogP contribution in [0.3, 0.4) is 0 Å². The summed E-state index contributed by atoms with van der Waals surface area (Å²) in [6, 6.07) is 3.96. The topological polar surface area (TPSA) is 70.2 Å². The first-order chi connectivity index (χ1) is 8.38. The van der Waals surface area contributed by atoms with Crippen molar-refractivity contribution in [1.29, 1.82) is 5.26 Å². The number of hydrogen-bond acceptors (Lipinski definition) is 4. The van der Waals surface area contributed by atoms with Crippen molar-refractivity contribution in [2.24, 2.45) is 0 Å². The molecule has 96 valence electrons. The van der Waals surface area contributed by atoms with Gasteiger partial charge >= 0.3 is 0 Å². The number of nitrogens with zero attached hydrogens (tertiary/aromatic N) is 3. The standard InChI is InChI=1S/C11H11BrFN3O2/c1-7(3-4-14)15(2)10-6-9(13)8(12)5-11(10)16(17)18/h5-7H,3H2,1-2H3. The number of nitro groups is 1. The van der Waals surface area contributed by atoms with Gasteiger partial charge in [0.1, 0.15) is 11.5 Å². The summed E-state index contributed by atoms with van der Waals surface area (Å²) in [7, 11) is 1.59. The highest BCUT2D eigenvalue weighted by atomic mass is 79.9. The van der Waals surface area contributed by atoms with Gasteiger partial charge in [-0.2, -0.15) is 5.26 Å². The van der Waals surface area contributed by atoms with E-state index in [0.717, 1.165) is 12.1 Å². The van der Waals surface area contributed by atoms with Gasteiger partial charge in [0.15, 0.2) is 0 Å². The molecule has 0 amide bonds. The normalized spacial score (nSPS) is 11.7. The zero-order valence-electron chi connectivity index (χ0n) is 9.85. The summed E-state index contributed by atoms with van der Waals surface area (Å²) in [4.78, 5) is 11.9. The van der Waals surface area contributed by atoms with Crippen molar-refractivity contribution in [1.82, 2.24) is 0 Å². The van der Waals surface area contributed by atoms with E-state index < -0.39 is 10.7 Å². The summed E-state index contributed by atoms with van der Waals surface area (Å²) in [5.41, 5.74) is -0.0426. The maximum absolute atomic E-state index is 13.5. The number of halogens is 2. The van der Waals surface area contributed by atoms with E-state index in [4.69, 9.17) is 5.26 Å². The maximum Gasteiger partial charge on any atom is 0.293 e. The van der Waals surface area contributed by atoms with Crippen LogP contribution in [0.25, 0.3) is 0 Å². The molecule has 0 saturated carbocycles. The first-order valence-electron chi connectivity index (χ1n) is 5.11. The first kappa shape index (κ1) is 14.4. The summed E-state index contributed by atoms with van der Waals surface area (Å²) < 4.78 is 13.5. The Labute approximate surface area is 112 Å². The van der Waals surface area contributed by atoms with Crippen LogP contribution in [0.5, 0.6) is 0 Å². The van der Waals surface area contributed by atoms with Crippen LogP contribution < -0.4 is 4.90 Å². The Balaban J connectivity index is 3.26. The predicted octanol–water partition coefficient (Wildman–Crippen LogP) is 3.23. The zero-order valence-corrected chi connectivity index (χ0v) is 11.4. The van der Waals surface area contributed by atoms with Gasteiger partial charge in [0.2, 0.25) is 0 Å². The molecule has 5 nitrogen and oxygen atoms in total. The Morgan fingerprint density at radius 3 is 2.78 bits per heavy atom. The number of nitro benzene ring substituents is 1. The lowest BCUT2D eigenvalue weighted by molar-refractivity contribution is -0.384. The van der Waals surface area contributed by atoms with Crippen LogP contribution in [-0.4, -0.2) is 18.0 Å². The van der Waals surface area contributed by atoms with Gasteiger partial charge in [-0.3, -0.25) is 10.1 Å². The van der Waals surface area contributed by atoms with Crippen molar-refractivity contribution in [3.05, 3.63) is 32.5 Å². The summed E-state index contributed by atoms with van der Waals surface area (Å²) >= 11 is 2.92. The van der Waals surface area contributed by atoms with Crippen molar-refractivity contribution < 1.29 is 9.31 Å². The fourth-order valence-corrected chi connectivity index (χ4v) is 1.79. The lowest BCUT2D eigenvalue weighted by Gasteiger charge is -2.24. The number of anilines is 1. The molecule has 1 atom stereocenters. The fourth-order valence-electron chi connectivity index (χ4n) is 1.46. The molecule has 0 N–H and O–H groups in total. The molecular formula is C11H11BrFN3O2. The SMILES string of the molecule is CC(CC#N)N(C)c1cc(F)c(Br)cc1[N+](=O)[O-]. The molecular weight excluding hydrogens is 305 g/mol. The molecule has 1 rings (SSSR count). The smallest absolute Gasteiger partial charge is 0.293 e. The molecule has 1 aromatic carbocycles. The highest BCUT2D eigenvalue weighted by Crippen LogP contribution is 2.33. The molecule has 0 radical (unpaired) electrons. The van der Waals surface area contributed by atoms with Crippen molar-refractivity contribution in [3.8, 4) is 6.07 Å².